The van der Waals surface area contributed by atoms with Crippen LogP contribution in [0.2, 0.25) is 0 Å². The number of rotatable bonds is 4. The summed E-state index contributed by atoms with van der Waals surface area (Å²) in [5, 5.41) is 3.31. The third-order valence-electron chi connectivity index (χ3n) is 3.22. The zero-order valence-electron chi connectivity index (χ0n) is 11.4. The first-order chi connectivity index (χ1) is 8.48. The molecule has 0 radical (unpaired) electrons. The Morgan fingerprint density at radius 1 is 1.50 bits per heavy atom. The molecule has 1 unspecified atom stereocenters. The quantitative estimate of drug-likeness (QED) is 0.856. The van der Waals surface area contributed by atoms with Crippen LogP contribution in [-0.4, -0.2) is 28.7 Å². The number of hydrogen-bond acceptors (Lipinski definition) is 5. The molecular weight excluding hydrogens is 228 g/mol. The molecule has 1 aromatic heterocycles. The highest BCUT2D eigenvalue weighted by molar-refractivity contribution is 5.45. The van der Waals surface area contributed by atoms with E-state index in [1.165, 1.54) is 0 Å². The number of anilines is 2. The first-order valence-corrected chi connectivity index (χ1v) is 6.51. The molecule has 1 fully saturated rings. The smallest absolute Gasteiger partial charge is 0.135 e. The molecular formula is C13H22N4O. The summed E-state index contributed by atoms with van der Waals surface area (Å²) in [6, 6.07) is 1.77. The number of nitrogens with one attached hydrogen (secondary N) is 1. The van der Waals surface area contributed by atoms with Crippen LogP contribution in [0.1, 0.15) is 45.4 Å². The van der Waals surface area contributed by atoms with Gasteiger partial charge in [-0.15, -0.1) is 0 Å². The van der Waals surface area contributed by atoms with Crippen molar-refractivity contribution in [2.24, 2.45) is 0 Å². The van der Waals surface area contributed by atoms with E-state index in [-0.39, 0.29) is 11.5 Å². The third kappa shape index (κ3) is 3.10. The van der Waals surface area contributed by atoms with Crippen LogP contribution in [-0.2, 0) is 4.74 Å². The predicted octanol–water partition coefficient (Wildman–Crippen LogP) is 2.16. The highest BCUT2D eigenvalue weighted by Crippen LogP contribution is 2.25. The van der Waals surface area contributed by atoms with Gasteiger partial charge in [-0.25, -0.2) is 9.97 Å². The fourth-order valence-corrected chi connectivity index (χ4v) is 2.09. The van der Waals surface area contributed by atoms with E-state index in [0.717, 1.165) is 37.6 Å². The third-order valence-corrected chi connectivity index (χ3v) is 3.22. The Morgan fingerprint density at radius 3 is 2.89 bits per heavy atom. The molecule has 0 saturated carbocycles. The molecule has 5 heteroatoms. The summed E-state index contributed by atoms with van der Waals surface area (Å²) in [6.45, 7) is 7.84. The highest BCUT2D eigenvalue weighted by atomic mass is 16.5. The number of aromatic nitrogens is 2. The molecule has 5 nitrogen and oxygen atoms in total. The number of nitrogens with zero attached hydrogens (tertiary/aromatic N) is 2. The van der Waals surface area contributed by atoms with Gasteiger partial charge in [-0.3, -0.25) is 0 Å². The molecule has 1 aliphatic heterocycles. The van der Waals surface area contributed by atoms with E-state index >= 15 is 0 Å². The van der Waals surface area contributed by atoms with Crippen molar-refractivity contribution in [3.8, 4) is 0 Å². The van der Waals surface area contributed by atoms with E-state index in [2.05, 4.69) is 36.1 Å². The summed E-state index contributed by atoms with van der Waals surface area (Å²) in [6.07, 6.45) is 2.21. The Bertz CT molecular complexity index is 413. The molecule has 18 heavy (non-hydrogen) atoms. The number of nitrogens with two attached hydrogens (primary N) is 1. The molecule has 3 N–H and O–H groups in total. The number of ether oxygens (including phenoxy) is 1. The second-order valence-electron chi connectivity index (χ2n) is 5.45. The van der Waals surface area contributed by atoms with Crippen molar-refractivity contribution in [3.63, 3.8) is 0 Å². The van der Waals surface area contributed by atoms with Crippen molar-refractivity contribution in [1.82, 2.24) is 9.97 Å². The molecule has 0 spiro atoms. The van der Waals surface area contributed by atoms with Gasteiger partial charge in [-0.2, -0.15) is 0 Å². The first kappa shape index (κ1) is 13.1. The average Bonchev–Trinajstić information content (AvgIpc) is 2.73. The van der Waals surface area contributed by atoms with Crippen LogP contribution in [0.25, 0.3) is 0 Å². The van der Waals surface area contributed by atoms with Gasteiger partial charge in [0, 0.05) is 25.1 Å². The van der Waals surface area contributed by atoms with Gasteiger partial charge in [-0.1, -0.05) is 13.8 Å². The van der Waals surface area contributed by atoms with Gasteiger partial charge in [0.15, 0.2) is 0 Å². The van der Waals surface area contributed by atoms with Crippen LogP contribution >= 0.6 is 0 Å². The molecule has 1 aromatic rings. The van der Waals surface area contributed by atoms with Crippen molar-refractivity contribution in [1.29, 1.82) is 0 Å². The first-order valence-electron chi connectivity index (χ1n) is 6.51. The Hall–Kier alpha value is -1.36. The topological polar surface area (TPSA) is 73.1 Å². The SMILES string of the molecule is CC(C)c1nc(N)cc(NCC2(C)CCCO2)n1. The Balaban J connectivity index is 2.04. The summed E-state index contributed by atoms with van der Waals surface area (Å²) in [5.41, 5.74) is 5.71. The van der Waals surface area contributed by atoms with E-state index in [4.69, 9.17) is 10.5 Å². The minimum absolute atomic E-state index is 0.0856. The standard InChI is InChI=1S/C13H22N4O/c1-9(2)12-16-10(14)7-11(17-12)15-8-13(3)5-4-6-18-13/h7,9H,4-6,8H2,1-3H3,(H3,14,15,16,17). The largest absolute Gasteiger partial charge is 0.384 e. The Kier molecular flexibility index (Phi) is 3.71. The van der Waals surface area contributed by atoms with Crippen molar-refractivity contribution < 1.29 is 4.74 Å². The number of nitrogen functional groups attached to an aromatic ring is 1. The average molecular weight is 250 g/mol. The van der Waals surface area contributed by atoms with Gasteiger partial charge >= 0.3 is 0 Å². The summed E-state index contributed by atoms with van der Waals surface area (Å²) >= 11 is 0. The van der Waals surface area contributed by atoms with Gasteiger partial charge < -0.3 is 15.8 Å². The number of hydrogen-bond donors (Lipinski definition) is 2. The zero-order valence-corrected chi connectivity index (χ0v) is 11.4. The molecule has 100 valence electrons. The molecule has 0 bridgehead atoms. The second kappa shape index (κ2) is 5.10. The summed E-state index contributed by atoms with van der Waals surface area (Å²) < 4.78 is 5.73. The van der Waals surface area contributed by atoms with Crippen molar-refractivity contribution in [2.75, 3.05) is 24.2 Å². The van der Waals surface area contributed by atoms with Gasteiger partial charge in [0.25, 0.3) is 0 Å². The van der Waals surface area contributed by atoms with Crippen LogP contribution < -0.4 is 11.1 Å². The Labute approximate surface area is 108 Å². The predicted molar refractivity (Wildman–Crippen MR) is 72.6 cm³/mol. The lowest BCUT2D eigenvalue weighted by atomic mass is 10.0. The molecule has 2 rings (SSSR count). The van der Waals surface area contributed by atoms with Gasteiger partial charge in [0.2, 0.25) is 0 Å². The lowest BCUT2D eigenvalue weighted by Crippen LogP contribution is -2.32. The molecule has 1 atom stereocenters. The molecule has 1 aliphatic rings. The minimum atomic E-state index is -0.0856. The van der Waals surface area contributed by atoms with Crippen LogP contribution in [0.4, 0.5) is 11.6 Å². The Morgan fingerprint density at radius 2 is 2.28 bits per heavy atom. The van der Waals surface area contributed by atoms with Crippen LogP contribution in [0.5, 0.6) is 0 Å². The second-order valence-corrected chi connectivity index (χ2v) is 5.45. The summed E-state index contributed by atoms with van der Waals surface area (Å²) in [5.74, 6) is 2.33. The maximum absolute atomic E-state index is 5.79. The van der Waals surface area contributed by atoms with Gasteiger partial charge in [0.05, 0.1) is 5.60 Å². The highest BCUT2D eigenvalue weighted by Gasteiger charge is 2.29. The minimum Gasteiger partial charge on any atom is -0.384 e. The van der Waals surface area contributed by atoms with Gasteiger partial charge in [-0.05, 0) is 19.8 Å². The molecule has 0 aliphatic carbocycles. The maximum atomic E-state index is 5.79. The van der Waals surface area contributed by atoms with Crippen molar-refractivity contribution in [3.05, 3.63) is 11.9 Å². The normalized spacial score (nSPS) is 23.6. The van der Waals surface area contributed by atoms with E-state index < -0.39 is 0 Å². The van der Waals surface area contributed by atoms with Crippen LogP contribution in [0.3, 0.4) is 0 Å². The summed E-state index contributed by atoms with van der Waals surface area (Å²) in [7, 11) is 0. The van der Waals surface area contributed by atoms with E-state index in [1.807, 2.05) is 0 Å². The lowest BCUT2D eigenvalue weighted by Gasteiger charge is -2.23. The van der Waals surface area contributed by atoms with E-state index in [9.17, 15) is 0 Å². The van der Waals surface area contributed by atoms with E-state index in [1.54, 1.807) is 6.07 Å². The van der Waals surface area contributed by atoms with Crippen LogP contribution in [0, 0.1) is 0 Å². The lowest BCUT2D eigenvalue weighted by molar-refractivity contribution is 0.0314. The molecule has 2 heterocycles. The molecule has 0 amide bonds. The molecule has 1 saturated heterocycles. The monoisotopic (exact) mass is 250 g/mol. The molecule has 0 aromatic carbocycles. The maximum Gasteiger partial charge on any atom is 0.135 e. The van der Waals surface area contributed by atoms with Crippen LogP contribution in [0.15, 0.2) is 6.07 Å². The van der Waals surface area contributed by atoms with Crippen molar-refractivity contribution in [2.45, 2.75) is 45.1 Å². The van der Waals surface area contributed by atoms with E-state index in [0.29, 0.717) is 5.82 Å². The fraction of sp³-hybridized carbons (Fsp3) is 0.692. The van der Waals surface area contributed by atoms with Gasteiger partial charge in [0.1, 0.15) is 17.5 Å². The van der Waals surface area contributed by atoms with Crippen molar-refractivity contribution >= 4 is 11.6 Å². The fourth-order valence-electron chi connectivity index (χ4n) is 2.09. The summed E-state index contributed by atoms with van der Waals surface area (Å²) in [4.78, 5) is 8.69. The zero-order chi connectivity index (χ0) is 13.2.